The van der Waals surface area contributed by atoms with Crippen molar-refractivity contribution in [3.05, 3.63) is 80.8 Å². The number of aromatic amines is 2. The van der Waals surface area contributed by atoms with Gasteiger partial charge in [-0.25, -0.2) is 4.98 Å². The van der Waals surface area contributed by atoms with Gasteiger partial charge in [-0.2, -0.15) is 17.7 Å². The second-order valence-electron chi connectivity index (χ2n) is 7.12. The monoisotopic (exact) mass is 454 g/mol. The second-order valence-corrected chi connectivity index (χ2v) is 7.12. The molecule has 4 heterocycles. The number of alkyl halides is 3. The van der Waals surface area contributed by atoms with E-state index in [1.165, 1.54) is 37.4 Å². The van der Waals surface area contributed by atoms with Crippen molar-refractivity contribution in [2.45, 2.75) is 13.1 Å². The summed E-state index contributed by atoms with van der Waals surface area (Å²) in [4.78, 5) is 31.5. The van der Waals surface area contributed by atoms with Crippen molar-refractivity contribution < 1.29 is 17.6 Å². The molecule has 0 aliphatic rings. The molecule has 0 atom stereocenters. The fraction of sp³-hybridized carbons (Fsp3) is 0.0952. The van der Waals surface area contributed by atoms with Crippen LogP contribution in [0.15, 0.2) is 62.7 Å². The Kier molecular flexibility index (Phi) is 4.51. The Bertz CT molecular complexity index is 1610. The zero-order chi connectivity index (χ0) is 23.3. The smallest absolute Gasteiger partial charge is 0.416 e. The van der Waals surface area contributed by atoms with E-state index in [9.17, 15) is 22.8 Å². The summed E-state index contributed by atoms with van der Waals surface area (Å²) < 4.78 is 47.7. The van der Waals surface area contributed by atoms with Gasteiger partial charge in [0, 0.05) is 17.8 Å². The SMILES string of the molecule is Cc1nc2c(-c3ccccc3)c(C(F)(F)F)[nH]n2c(=O)c1-c1nnc(-c2cc[nH]c(=O)c2)o1. The maximum Gasteiger partial charge on any atom is 0.433 e. The number of rotatable bonds is 3. The summed E-state index contributed by atoms with van der Waals surface area (Å²) in [6.45, 7) is 1.46. The number of nitrogens with zero attached hydrogens (tertiary/aromatic N) is 4. The molecule has 0 amide bonds. The molecular weight excluding hydrogens is 441 g/mol. The maximum absolute atomic E-state index is 13.8. The topological polar surface area (TPSA) is 122 Å². The van der Waals surface area contributed by atoms with Gasteiger partial charge in [0.1, 0.15) is 11.3 Å². The highest BCUT2D eigenvalue weighted by atomic mass is 19.4. The van der Waals surface area contributed by atoms with E-state index < -0.39 is 23.0 Å². The van der Waals surface area contributed by atoms with Gasteiger partial charge in [0.2, 0.25) is 11.4 Å². The molecule has 0 fully saturated rings. The van der Waals surface area contributed by atoms with Crippen LogP contribution in [0.2, 0.25) is 0 Å². The number of pyridine rings is 1. The van der Waals surface area contributed by atoms with E-state index >= 15 is 0 Å². The van der Waals surface area contributed by atoms with Crippen molar-refractivity contribution in [1.82, 2.24) is 29.8 Å². The van der Waals surface area contributed by atoms with Crippen LogP contribution in [0.25, 0.3) is 39.7 Å². The first kappa shape index (κ1) is 20.4. The van der Waals surface area contributed by atoms with E-state index in [0.717, 1.165) is 0 Å². The van der Waals surface area contributed by atoms with Gasteiger partial charge in [-0.3, -0.25) is 14.7 Å². The summed E-state index contributed by atoms with van der Waals surface area (Å²) >= 11 is 0. The summed E-state index contributed by atoms with van der Waals surface area (Å²) in [5.74, 6) is -0.272. The van der Waals surface area contributed by atoms with Crippen molar-refractivity contribution in [2.24, 2.45) is 0 Å². The zero-order valence-electron chi connectivity index (χ0n) is 16.8. The van der Waals surface area contributed by atoms with Crippen molar-refractivity contribution in [3.8, 4) is 34.0 Å². The van der Waals surface area contributed by atoms with Crippen LogP contribution in [-0.4, -0.2) is 29.8 Å². The molecule has 0 aliphatic heterocycles. The summed E-state index contributed by atoms with van der Waals surface area (Å²) in [6, 6.07) is 10.6. The van der Waals surface area contributed by atoms with Crippen LogP contribution in [0.3, 0.4) is 0 Å². The quantitative estimate of drug-likeness (QED) is 0.431. The Hall–Kier alpha value is -4.48. The first-order valence-electron chi connectivity index (χ1n) is 9.55. The number of fused-ring (bicyclic) bond motifs is 1. The molecule has 33 heavy (non-hydrogen) atoms. The average Bonchev–Trinajstić information content (AvgIpc) is 3.40. The van der Waals surface area contributed by atoms with Gasteiger partial charge in [0.25, 0.3) is 11.4 Å². The standard InChI is InChI=1S/C21H13F3N6O3/c1-10-14(19-28-27-18(33-19)12-7-8-25-13(31)9-12)20(32)30-17(26-10)15(11-5-3-2-4-6-11)16(29-30)21(22,23)24/h2-9,29H,1H3,(H,25,31). The van der Waals surface area contributed by atoms with Crippen molar-refractivity contribution in [1.29, 1.82) is 0 Å². The van der Waals surface area contributed by atoms with E-state index in [1.54, 1.807) is 18.2 Å². The summed E-state index contributed by atoms with van der Waals surface area (Å²) in [7, 11) is 0. The molecule has 0 saturated carbocycles. The lowest BCUT2D eigenvalue weighted by Crippen LogP contribution is -2.20. The Labute approximate surface area is 181 Å². The molecule has 2 N–H and O–H groups in total. The minimum Gasteiger partial charge on any atom is -0.416 e. The van der Waals surface area contributed by atoms with Crippen LogP contribution >= 0.6 is 0 Å². The first-order valence-corrected chi connectivity index (χ1v) is 9.55. The summed E-state index contributed by atoms with van der Waals surface area (Å²) in [6.07, 6.45) is -3.38. The molecule has 166 valence electrons. The predicted molar refractivity (Wildman–Crippen MR) is 110 cm³/mol. The molecule has 0 saturated heterocycles. The normalized spacial score (nSPS) is 11.9. The van der Waals surface area contributed by atoms with Gasteiger partial charge in [-0.1, -0.05) is 30.3 Å². The van der Waals surface area contributed by atoms with E-state index in [1.807, 2.05) is 0 Å². The number of hydrogen-bond acceptors (Lipinski definition) is 6. The number of aromatic nitrogens is 6. The Morgan fingerprint density at radius 1 is 0.970 bits per heavy atom. The number of halogens is 3. The molecule has 0 bridgehead atoms. The lowest BCUT2D eigenvalue weighted by atomic mass is 10.1. The van der Waals surface area contributed by atoms with Gasteiger partial charge in [0.05, 0.1) is 11.3 Å². The zero-order valence-corrected chi connectivity index (χ0v) is 16.8. The van der Waals surface area contributed by atoms with Crippen LogP contribution in [0.4, 0.5) is 13.2 Å². The summed E-state index contributed by atoms with van der Waals surface area (Å²) in [5.41, 5.74) is -2.27. The summed E-state index contributed by atoms with van der Waals surface area (Å²) in [5, 5.41) is 9.81. The third-order valence-electron chi connectivity index (χ3n) is 4.97. The number of nitrogens with one attached hydrogen (secondary N) is 2. The first-order chi connectivity index (χ1) is 15.7. The molecule has 0 radical (unpaired) electrons. The Morgan fingerprint density at radius 2 is 1.70 bits per heavy atom. The lowest BCUT2D eigenvalue weighted by Gasteiger charge is -2.07. The molecule has 12 heteroatoms. The Balaban J connectivity index is 1.74. The highest BCUT2D eigenvalue weighted by Crippen LogP contribution is 2.38. The minimum atomic E-state index is -4.77. The molecule has 0 aliphatic carbocycles. The molecule has 5 aromatic rings. The van der Waals surface area contributed by atoms with Crippen molar-refractivity contribution >= 4 is 5.65 Å². The van der Waals surface area contributed by atoms with E-state index in [0.29, 0.717) is 10.1 Å². The van der Waals surface area contributed by atoms with Crippen LogP contribution < -0.4 is 11.1 Å². The highest BCUT2D eigenvalue weighted by Gasteiger charge is 2.38. The number of H-pyrrole nitrogens is 2. The fourth-order valence-corrected chi connectivity index (χ4v) is 3.53. The number of benzene rings is 1. The van der Waals surface area contributed by atoms with Gasteiger partial charge < -0.3 is 9.40 Å². The van der Waals surface area contributed by atoms with Crippen molar-refractivity contribution in [2.75, 3.05) is 0 Å². The lowest BCUT2D eigenvalue weighted by molar-refractivity contribution is -0.140. The average molecular weight is 454 g/mol. The molecule has 0 unspecified atom stereocenters. The maximum atomic E-state index is 13.8. The van der Waals surface area contributed by atoms with Crippen LogP contribution in [0.1, 0.15) is 11.4 Å². The minimum absolute atomic E-state index is 0.0348. The highest BCUT2D eigenvalue weighted by molar-refractivity contribution is 5.81. The largest absolute Gasteiger partial charge is 0.433 e. The number of aryl methyl sites for hydroxylation is 1. The van der Waals surface area contributed by atoms with Gasteiger partial charge in [-0.15, -0.1) is 10.2 Å². The molecule has 1 aromatic carbocycles. The third kappa shape index (κ3) is 3.41. The fourth-order valence-electron chi connectivity index (χ4n) is 3.53. The van der Waals surface area contributed by atoms with Gasteiger partial charge in [0.15, 0.2) is 5.65 Å². The van der Waals surface area contributed by atoms with Crippen LogP contribution in [-0.2, 0) is 6.18 Å². The van der Waals surface area contributed by atoms with Crippen molar-refractivity contribution in [3.63, 3.8) is 0 Å². The predicted octanol–water partition coefficient (Wildman–Crippen LogP) is 3.42. The van der Waals surface area contributed by atoms with Crippen LogP contribution in [0, 0.1) is 6.92 Å². The molecular formula is C21H13F3N6O3. The van der Waals surface area contributed by atoms with E-state index in [2.05, 4.69) is 25.3 Å². The molecule has 0 spiro atoms. The van der Waals surface area contributed by atoms with E-state index in [-0.39, 0.29) is 39.8 Å². The molecule has 9 nitrogen and oxygen atoms in total. The van der Waals surface area contributed by atoms with Crippen LogP contribution in [0.5, 0.6) is 0 Å². The second kappa shape index (κ2) is 7.29. The Morgan fingerprint density at radius 3 is 2.39 bits per heavy atom. The molecule has 4 aromatic heterocycles. The van der Waals surface area contributed by atoms with Gasteiger partial charge in [-0.05, 0) is 18.6 Å². The van der Waals surface area contributed by atoms with Gasteiger partial charge >= 0.3 is 6.18 Å². The third-order valence-corrected chi connectivity index (χ3v) is 4.97. The van der Waals surface area contributed by atoms with E-state index in [4.69, 9.17) is 4.42 Å². The molecule has 5 rings (SSSR count). The number of hydrogen-bond donors (Lipinski definition) is 2.